The van der Waals surface area contributed by atoms with Gasteiger partial charge in [-0.2, -0.15) is 0 Å². The lowest BCUT2D eigenvalue weighted by molar-refractivity contribution is -0.0411. The van der Waals surface area contributed by atoms with Crippen LogP contribution in [0.4, 0.5) is 0 Å². The molecule has 0 amide bonds. The Labute approximate surface area is 145 Å². The number of fused-ring (bicyclic) bond motifs is 5. The molecule has 3 nitrogen and oxygen atoms in total. The lowest BCUT2D eigenvalue weighted by Crippen LogP contribution is -2.47. The highest BCUT2D eigenvalue weighted by Gasteiger charge is 2.56. The molecule has 1 aromatic rings. The summed E-state index contributed by atoms with van der Waals surface area (Å²) in [6, 6.07) is 6.57. The van der Waals surface area contributed by atoms with E-state index in [4.69, 9.17) is 4.74 Å². The van der Waals surface area contributed by atoms with Crippen molar-refractivity contribution in [1.29, 1.82) is 0 Å². The number of aliphatic hydroxyl groups is 2. The van der Waals surface area contributed by atoms with Crippen LogP contribution in [0.15, 0.2) is 18.2 Å². The molecule has 0 saturated heterocycles. The number of aliphatic hydroxyl groups excluding tert-OH is 2. The van der Waals surface area contributed by atoms with Crippen LogP contribution in [0, 0.1) is 23.2 Å². The van der Waals surface area contributed by atoms with Crippen LogP contribution in [0.25, 0.3) is 0 Å². The highest BCUT2D eigenvalue weighted by atomic mass is 16.5. The van der Waals surface area contributed by atoms with E-state index in [1.807, 2.05) is 0 Å². The van der Waals surface area contributed by atoms with Gasteiger partial charge in [0.25, 0.3) is 0 Å². The van der Waals surface area contributed by atoms with Crippen molar-refractivity contribution in [3.8, 4) is 5.75 Å². The summed E-state index contributed by atoms with van der Waals surface area (Å²) in [6.07, 6.45) is 6.15. The van der Waals surface area contributed by atoms with Crippen LogP contribution >= 0.6 is 0 Å². The van der Waals surface area contributed by atoms with Gasteiger partial charge in [0, 0.05) is 6.61 Å². The summed E-state index contributed by atoms with van der Waals surface area (Å²) in [4.78, 5) is 0. The van der Waals surface area contributed by atoms with E-state index in [1.165, 1.54) is 11.1 Å². The molecule has 0 aliphatic heterocycles. The molecule has 2 saturated carbocycles. The Morgan fingerprint density at radius 3 is 2.83 bits per heavy atom. The molecule has 1 aromatic carbocycles. The van der Waals surface area contributed by atoms with Crippen LogP contribution in [0.5, 0.6) is 5.75 Å². The van der Waals surface area contributed by atoms with Crippen molar-refractivity contribution < 1.29 is 14.9 Å². The van der Waals surface area contributed by atoms with Crippen LogP contribution in [-0.2, 0) is 6.42 Å². The monoisotopic (exact) mass is 330 g/mol. The maximum absolute atomic E-state index is 10.6. The van der Waals surface area contributed by atoms with Gasteiger partial charge in [-0.1, -0.05) is 13.0 Å². The zero-order valence-electron chi connectivity index (χ0n) is 14.9. The van der Waals surface area contributed by atoms with Gasteiger partial charge in [0.15, 0.2) is 0 Å². The first-order valence-electron chi connectivity index (χ1n) is 9.54. The van der Waals surface area contributed by atoms with E-state index in [0.717, 1.165) is 44.3 Å². The maximum Gasteiger partial charge on any atom is 0.119 e. The molecule has 2 N–H and O–H groups in total. The molecule has 2 fully saturated rings. The smallest absolute Gasteiger partial charge is 0.119 e. The van der Waals surface area contributed by atoms with Crippen molar-refractivity contribution in [3.05, 3.63) is 29.3 Å². The van der Waals surface area contributed by atoms with Gasteiger partial charge in [0.05, 0.1) is 13.2 Å². The molecule has 6 atom stereocenters. The zero-order chi connectivity index (χ0) is 16.9. The van der Waals surface area contributed by atoms with Crippen LogP contribution < -0.4 is 4.74 Å². The Kier molecular flexibility index (Phi) is 4.12. The number of hydrogen-bond donors (Lipinski definition) is 2. The summed E-state index contributed by atoms with van der Waals surface area (Å²) in [5.74, 6) is 3.24. The van der Waals surface area contributed by atoms with Crippen molar-refractivity contribution in [1.82, 2.24) is 0 Å². The largest absolute Gasteiger partial charge is 0.497 e. The van der Waals surface area contributed by atoms with E-state index in [2.05, 4.69) is 25.1 Å². The minimum absolute atomic E-state index is 0.0822. The van der Waals surface area contributed by atoms with Crippen LogP contribution in [0.3, 0.4) is 0 Å². The minimum Gasteiger partial charge on any atom is -0.497 e. The molecular weight excluding hydrogens is 300 g/mol. The fourth-order valence-corrected chi connectivity index (χ4v) is 6.31. The predicted molar refractivity (Wildman–Crippen MR) is 94.2 cm³/mol. The summed E-state index contributed by atoms with van der Waals surface area (Å²) >= 11 is 0. The third-order valence-electron chi connectivity index (χ3n) is 7.56. The number of benzene rings is 1. The van der Waals surface area contributed by atoms with Crippen molar-refractivity contribution in [3.63, 3.8) is 0 Å². The Hall–Kier alpha value is -1.06. The Bertz CT molecular complexity index is 613. The van der Waals surface area contributed by atoms with Gasteiger partial charge < -0.3 is 14.9 Å². The van der Waals surface area contributed by atoms with Crippen LogP contribution in [0.1, 0.15) is 56.1 Å². The molecular formula is C21H30O3. The minimum atomic E-state index is -0.143. The van der Waals surface area contributed by atoms with Crippen molar-refractivity contribution >= 4 is 0 Å². The molecule has 3 aliphatic rings. The first-order valence-corrected chi connectivity index (χ1v) is 9.54. The molecule has 0 heterocycles. The maximum atomic E-state index is 10.6. The van der Waals surface area contributed by atoms with Gasteiger partial charge in [-0.05, 0) is 90.9 Å². The number of ether oxygens (including phenoxy) is 1. The van der Waals surface area contributed by atoms with E-state index >= 15 is 0 Å². The Balaban J connectivity index is 1.74. The molecule has 24 heavy (non-hydrogen) atoms. The molecule has 0 radical (unpaired) electrons. The van der Waals surface area contributed by atoms with Crippen molar-refractivity contribution in [2.45, 2.75) is 57.5 Å². The van der Waals surface area contributed by atoms with E-state index in [0.29, 0.717) is 23.7 Å². The first-order chi connectivity index (χ1) is 11.6. The van der Waals surface area contributed by atoms with Gasteiger partial charge in [-0.15, -0.1) is 0 Å². The van der Waals surface area contributed by atoms with Crippen molar-refractivity contribution in [2.24, 2.45) is 23.2 Å². The lowest BCUT2D eigenvalue weighted by Gasteiger charge is -2.53. The molecule has 132 valence electrons. The summed E-state index contributed by atoms with van der Waals surface area (Å²) in [6.45, 7) is 2.57. The van der Waals surface area contributed by atoms with E-state index in [1.54, 1.807) is 7.11 Å². The molecule has 3 aliphatic carbocycles. The third-order valence-corrected chi connectivity index (χ3v) is 7.56. The van der Waals surface area contributed by atoms with Gasteiger partial charge in [0.2, 0.25) is 0 Å². The summed E-state index contributed by atoms with van der Waals surface area (Å²) < 4.78 is 5.43. The standard InChI is InChI=1S/C21H30O3/c1-21-9-7-17-16-4-3-15(24-2)12-14(16)11-13(8-10-22)20(17)18(21)5-6-19(21)23/h3-4,12-13,17-20,22-23H,5-11H2,1-2H3/t13?,17?,18?,19-,20?,21-/m0/s1. The third kappa shape index (κ3) is 2.32. The average Bonchev–Trinajstić information content (AvgIpc) is 2.89. The molecule has 0 bridgehead atoms. The highest BCUT2D eigenvalue weighted by molar-refractivity contribution is 5.41. The number of rotatable bonds is 3. The number of methoxy groups -OCH3 is 1. The van der Waals surface area contributed by atoms with Gasteiger partial charge in [-0.25, -0.2) is 0 Å². The molecule has 0 spiro atoms. The van der Waals surface area contributed by atoms with Gasteiger partial charge in [-0.3, -0.25) is 0 Å². The first kappa shape index (κ1) is 16.4. The lowest BCUT2D eigenvalue weighted by atomic mass is 9.52. The summed E-state index contributed by atoms with van der Waals surface area (Å²) in [5.41, 5.74) is 2.99. The van der Waals surface area contributed by atoms with Crippen LogP contribution in [0.2, 0.25) is 0 Å². The van der Waals surface area contributed by atoms with Gasteiger partial charge >= 0.3 is 0 Å². The van der Waals surface area contributed by atoms with Gasteiger partial charge in [0.1, 0.15) is 5.75 Å². The zero-order valence-corrected chi connectivity index (χ0v) is 14.9. The van der Waals surface area contributed by atoms with Crippen LogP contribution in [-0.4, -0.2) is 30.0 Å². The van der Waals surface area contributed by atoms with E-state index in [-0.39, 0.29) is 18.1 Å². The molecule has 3 heteroatoms. The topological polar surface area (TPSA) is 49.7 Å². The second-order valence-electron chi connectivity index (χ2n) is 8.47. The second kappa shape index (κ2) is 6.03. The second-order valence-corrected chi connectivity index (χ2v) is 8.47. The van der Waals surface area contributed by atoms with Crippen molar-refractivity contribution in [2.75, 3.05) is 13.7 Å². The SMILES string of the molecule is COc1ccc2c(c1)CC(CCO)C1C2CC[C@@]2(C)C1CC[C@@H]2O. The summed E-state index contributed by atoms with van der Waals surface area (Å²) in [7, 11) is 1.73. The fourth-order valence-electron chi connectivity index (χ4n) is 6.31. The predicted octanol–water partition coefficient (Wildman–Crippen LogP) is 3.52. The average molecular weight is 330 g/mol. The molecule has 0 aromatic heterocycles. The molecule has 4 unspecified atom stereocenters. The fraction of sp³-hybridized carbons (Fsp3) is 0.714. The summed E-state index contributed by atoms with van der Waals surface area (Å²) in [5, 5.41) is 20.2. The Morgan fingerprint density at radius 1 is 1.25 bits per heavy atom. The quantitative estimate of drug-likeness (QED) is 0.891. The van der Waals surface area contributed by atoms with E-state index in [9.17, 15) is 10.2 Å². The highest BCUT2D eigenvalue weighted by Crippen LogP contribution is 2.62. The number of hydrogen-bond acceptors (Lipinski definition) is 3. The Morgan fingerprint density at radius 2 is 2.08 bits per heavy atom. The normalized spacial score (nSPS) is 40.6. The molecule has 4 rings (SSSR count). The van der Waals surface area contributed by atoms with E-state index < -0.39 is 0 Å².